The van der Waals surface area contributed by atoms with Crippen molar-refractivity contribution in [2.45, 2.75) is 18.1 Å². The molecule has 2 aromatic rings. The minimum absolute atomic E-state index is 0.0886. The van der Waals surface area contributed by atoms with E-state index in [0.717, 1.165) is 5.56 Å². The first-order chi connectivity index (χ1) is 9.03. The van der Waals surface area contributed by atoms with E-state index in [9.17, 15) is 8.42 Å². The van der Waals surface area contributed by atoms with Crippen molar-refractivity contribution in [2.24, 2.45) is 7.05 Å². The fourth-order valence-corrected chi connectivity index (χ4v) is 2.81. The molecule has 0 amide bonds. The minimum Gasteiger partial charge on any atom is -0.316 e. The molecule has 0 aliphatic carbocycles. The van der Waals surface area contributed by atoms with Gasteiger partial charge in [0.1, 0.15) is 0 Å². The Morgan fingerprint density at radius 2 is 2.16 bits per heavy atom. The Bertz CT molecular complexity index is 645. The summed E-state index contributed by atoms with van der Waals surface area (Å²) in [4.78, 5) is 0. The van der Waals surface area contributed by atoms with E-state index in [4.69, 9.17) is 0 Å². The van der Waals surface area contributed by atoms with Gasteiger partial charge in [-0.25, -0.2) is 13.1 Å². The van der Waals surface area contributed by atoms with Crippen LogP contribution in [-0.2, 0) is 30.2 Å². The van der Waals surface area contributed by atoms with Crippen molar-refractivity contribution in [1.82, 2.24) is 30.0 Å². The Morgan fingerprint density at radius 3 is 2.79 bits per heavy atom. The van der Waals surface area contributed by atoms with E-state index in [1.807, 2.05) is 0 Å². The lowest BCUT2D eigenvalue weighted by Gasteiger charge is -2.05. The van der Waals surface area contributed by atoms with Gasteiger partial charge in [-0.2, -0.15) is 10.2 Å². The zero-order chi connectivity index (χ0) is 13.9. The number of nitrogens with one attached hydrogen (secondary N) is 3. The van der Waals surface area contributed by atoms with Gasteiger partial charge in [-0.15, -0.1) is 0 Å². The first kappa shape index (κ1) is 13.7. The number of sulfonamides is 1. The molecule has 0 atom stereocenters. The smallest absolute Gasteiger partial charge is 0.258 e. The molecule has 0 unspecified atom stereocenters. The average molecular weight is 284 g/mol. The second kappa shape index (κ2) is 5.51. The third kappa shape index (κ3) is 3.19. The van der Waals surface area contributed by atoms with Crippen molar-refractivity contribution in [3.05, 3.63) is 29.7 Å². The number of hydrogen-bond donors (Lipinski definition) is 3. The monoisotopic (exact) mass is 284 g/mol. The van der Waals surface area contributed by atoms with Gasteiger partial charge in [0.05, 0.1) is 12.4 Å². The van der Waals surface area contributed by atoms with Gasteiger partial charge in [-0.3, -0.25) is 9.78 Å². The van der Waals surface area contributed by atoms with Crippen LogP contribution in [-0.4, -0.2) is 35.4 Å². The molecule has 0 radical (unpaired) electrons. The Morgan fingerprint density at radius 1 is 1.37 bits per heavy atom. The highest BCUT2D eigenvalue weighted by Crippen LogP contribution is 2.11. The van der Waals surface area contributed by atoms with Gasteiger partial charge in [-0.1, -0.05) is 0 Å². The molecule has 0 saturated heterocycles. The number of H-pyrrole nitrogens is 1. The summed E-state index contributed by atoms with van der Waals surface area (Å²) in [5.41, 5.74) is 1.39. The molecule has 0 aromatic carbocycles. The van der Waals surface area contributed by atoms with Crippen LogP contribution in [0.5, 0.6) is 0 Å². The molecule has 0 spiro atoms. The molecule has 9 heteroatoms. The van der Waals surface area contributed by atoms with Crippen molar-refractivity contribution in [2.75, 3.05) is 7.05 Å². The maximum Gasteiger partial charge on any atom is 0.258 e. The molecule has 2 heterocycles. The summed E-state index contributed by atoms with van der Waals surface area (Å²) in [7, 11) is -0.0856. The summed E-state index contributed by atoms with van der Waals surface area (Å²) >= 11 is 0. The van der Waals surface area contributed by atoms with Crippen LogP contribution in [0.3, 0.4) is 0 Å². The summed E-state index contributed by atoms with van der Waals surface area (Å²) in [5.74, 6) is 0. The Kier molecular flexibility index (Phi) is 3.98. The van der Waals surface area contributed by atoms with Gasteiger partial charge in [0, 0.05) is 37.5 Å². The summed E-state index contributed by atoms with van der Waals surface area (Å²) < 4.78 is 28.4. The zero-order valence-corrected chi connectivity index (χ0v) is 11.5. The topological polar surface area (TPSA) is 105 Å². The summed E-state index contributed by atoms with van der Waals surface area (Å²) in [6, 6.07) is 0. The van der Waals surface area contributed by atoms with Gasteiger partial charge in [0.25, 0.3) is 10.0 Å². The van der Waals surface area contributed by atoms with Crippen molar-refractivity contribution < 1.29 is 8.42 Å². The third-order valence-electron chi connectivity index (χ3n) is 2.54. The SMILES string of the molecule is CNCc1cn[nH]c1S(=O)(=O)NCc1cnn(C)c1. The van der Waals surface area contributed by atoms with Crippen molar-refractivity contribution in [3.63, 3.8) is 0 Å². The molecule has 2 aromatic heterocycles. The highest BCUT2D eigenvalue weighted by atomic mass is 32.2. The molecule has 0 saturated carbocycles. The van der Waals surface area contributed by atoms with E-state index >= 15 is 0 Å². The quantitative estimate of drug-likeness (QED) is 0.653. The highest BCUT2D eigenvalue weighted by Gasteiger charge is 2.20. The Hall–Kier alpha value is -1.71. The van der Waals surface area contributed by atoms with E-state index in [0.29, 0.717) is 12.1 Å². The maximum atomic E-state index is 12.1. The molecule has 0 aliphatic rings. The molecular formula is C10H16N6O2S. The number of nitrogens with zero attached hydrogens (tertiary/aromatic N) is 3. The second-order valence-electron chi connectivity index (χ2n) is 4.10. The number of aromatic nitrogens is 4. The van der Waals surface area contributed by atoms with Crippen LogP contribution in [0.1, 0.15) is 11.1 Å². The number of rotatable bonds is 6. The van der Waals surface area contributed by atoms with Crippen LogP contribution in [0.2, 0.25) is 0 Å². The zero-order valence-electron chi connectivity index (χ0n) is 10.7. The first-order valence-electron chi connectivity index (χ1n) is 5.67. The van der Waals surface area contributed by atoms with Crippen LogP contribution in [0.25, 0.3) is 0 Å². The van der Waals surface area contributed by atoms with Gasteiger partial charge in [0.2, 0.25) is 0 Å². The van der Waals surface area contributed by atoms with Crippen LogP contribution in [0.4, 0.5) is 0 Å². The summed E-state index contributed by atoms with van der Waals surface area (Å²) in [6.07, 6.45) is 4.86. The van der Waals surface area contributed by atoms with Crippen molar-refractivity contribution in [1.29, 1.82) is 0 Å². The summed E-state index contributed by atoms with van der Waals surface area (Å²) in [5, 5.41) is 13.2. The molecule has 19 heavy (non-hydrogen) atoms. The molecule has 104 valence electrons. The molecular weight excluding hydrogens is 268 g/mol. The second-order valence-corrected chi connectivity index (χ2v) is 5.81. The predicted octanol–water partition coefficient (Wildman–Crippen LogP) is -0.659. The lowest BCUT2D eigenvalue weighted by Crippen LogP contribution is -2.25. The molecule has 0 aliphatic heterocycles. The van der Waals surface area contributed by atoms with Crippen LogP contribution in [0.15, 0.2) is 23.6 Å². The predicted molar refractivity (Wildman–Crippen MR) is 68.6 cm³/mol. The van der Waals surface area contributed by atoms with E-state index in [1.54, 1.807) is 31.2 Å². The largest absolute Gasteiger partial charge is 0.316 e. The van der Waals surface area contributed by atoms with E-state index < -0.39 is 10.0 Å². The standard InChI is InChI=1S/C10H16N6O2S/c1-11-5-9-6-12-15-10(9)19(17,18)14-4-8-3-13-16(2)7-8/h3,6-7,11,14H,4-5H2,1-2H3,(H,12,15). The van der Waals surface area contributed by atoms with E-state index in [2.05, 4.69) is 25.3 Å². The van der Waals surface area contributed by atoms with E-state index in [1.165, 1.54) is 6.20 Å². The normalized spacial score (nSPS) is 11.9. The molecule has 3 N–H and O–H groups in total. The van der Waals surface area contributed by atoms with Gasteiger partial charge >= 0.3 is 0 Å². The highest BCUT2D eigenvalue weighted by molar-refractivity contribution is 7.89. The average Bonchev–Trinajstić information content (AvgIpc) is 2.97. The van der Waals surface area contributed by atoms with Gasteiger partial charge < -0.3 is 5.32 Å². The third-order valence-corrected chi connectivity index (χ3v) is 3.95. The maximum absolute atomic E-state index is 12.1. The lowest BCUT2D eigenvalue weighted by atomic mass is 10.4. The van der Waals surface area contributed by atoms with Crippen LogP contribution < -0.4 is 10.0 Å². The Balaban J connectivity index is 2.11. The van der Waals surface area contributed by atoms with Crippen LogP contribution in [0, 0.1) is 0 Å². The van der Waals surface area contributed by atoms with Gasteiger partial charge in [0.15, 0.2) is 5.03 Å². The first-order valence-corrected chi connectivity index (χ1v) is 7.15. The molecule has 0 fully saturated rings. The lowest BCUT2D eigenvalue weighted by molar-refractivity contribution is 0.575. The fraction of sp³-hybridized carbons (Fsp3) is 0.400. The minimum atomic E-state index is -3.60. The van der Waals surface area contributed by atoms with E-state index in [-0.39, 0.29) is 11.6 Å². The summed E-state index contributed by atoms with van der Waals surface area (Å²) in [6.45, 7) is 0.619. The number of hydrogen-bond acceptors (Lipinski definition) is 5. The number of aromatic amines is 1. The fourth-order valence-electron chi connectivity index (χ4n) is 1.66. The molecule has 2 rings (SSSR count). The van der Waals surface area contributed by atoms with Crippen LogP contribution >= 0.6 is 0 Å². The number of aryl methyl sites for hydroxylation is 1. The molecule has 0 bridgehead atoms. The van der Waals surface area contributed by atoms with Crippen molar-refractivity contribution in [3.8, 4) is 0 Å². The molecule has 8 nitrogen and oxygen atoms in total. The van der Waals surface area contributed by atoms with Gasteiger partial charge in [-0.05, 0) is 7.05 Å². The van der Waals surface area contributed by atoms with Crippen molar-refractivity contribution >= 4 is 10.0 Å². The Labute approximate surface area is 111 Å².